The van der Waals surface area contributed by atoms with Gasteiger partial charge >= 0.3 is 0 Å². The zero-order chi connectivity index (χ0) is 11.7. The molecule has 16 heavy (non-hydrogen) atoms. The second kappa shape index (κ2) is 4.13. The van der Waals surface area contributed by atoms with Crippen LogP contribution in [0.25, 0.3) is 11.1 Å². The van der Waals surface area contributed by atoms with Gasteiger partial charge in [-0.1, -0.05) is 36.4 Å². The first-order valence-corrected chi connectivity index (χ1v) is 5.74. The van der Waals surface area contributed by atoms with Crippen molar-refractivity contribution in [2.45, 2.75) is 27.7 Å². The topological polar surface area (TPSA) is 0 Å². The first-order valence-electron chi connectivity index (χ1n) is 5.74. The summed E-state index contributed by atoms with van der Waals surface area (Å²) in [4.78, 5) is 0. The van der Waals surface area contributed by atoms with Crippen LogP contribution in [-0.2, 0) is 0 Å². The smallest absolute Gasteiger partial charge is 0.0120 e. The predicted molar refractivity (Wildman–Crippen MR) is 70.8 cm³/mol. The molecule has 0 atom stereocenters. The zero-order valence-corrected chi connectivity index (χ0v) is 10.5. The SMILES string of the molecule is Cc1cc(C)c(C)c(-c2ccccc2)c1C. The lowest BCUT2D eigenvalue weighted by Crippen LogP contribution is -1.94. The molecular weight excluding hydrogens is 192 g/mol. The normalized spacial score (nSPS) is 10.5. The molecule has 0 unspecified atom stereocenters. The summed E-state index contributed by atoms with van der Waals surface area (Å²) < 4.78 is 0. The Morgan fingerprint density at radius 1 is 0.688 bits per heavy atom. The number of rotatable bonds is 1. The van der Waals surface area contributed by atoms with E-state index in [1.165, 1.54) is 33.4 Å². The molecule has 0 radical (unpaired) electrons. The minimum absolute atomic E-state index is 1.32. The highest BCUT2D eigenvalue weighted by Crippen LogP contribution is 2.31. The average Bonchev–Trinajstić information content (AvgIpc) is 2.28. The van der Waals surface area contributed by atoms with Crippen molar-refractivity contribution in [1.82, 2.24) is 0 Å². The van der Waals surface area contributed by atoms with Crippen LogP contribution in [0.15, 0.2) is 36.4 Å². The average molecular weight is 210 g/mol. The van der Waals surface area contributed by atoms with Crippen molar-refractivity contribution in [3.05, 3.63) is 58.7 Å². The van der Waals surface area contributed by atoms with Gasteiger partial charge in [0.1, 0.15) is 0 Å². The summed E-state index contributed by atoms with van der Waals surface area (Å²) in [7, 11) is 0. The summed E-state index contributed by atoms with van der Waals surface area (Å²) in [6, 6.07) is 12.9. The van der Waals surface area contributed by atoms with Gasteiger partial charge in [-0.05, 0) is 61.1 Å². The first kappa shape index (κ1) is 10.9. The van der Waals surface area contributed by atoms with Gasteiger partial charge in [0.15, 0.2) is 0 Å². The lowest BCUT2D eigenvalue weighted by molar-refractivity contribution is 1.24. The Labute approximate surface area is 97.9 Å². The molecule has 0 heterocycles. The maximum Gasteiger partial charge on any atom is -0.0120 e. The summed E-state index contributed by atoms with van der Waals surface area (Å²) in [6.45, 7) is 8.80. The molecule has 0 N–H and O–H groups in total. The highest BCUT2D eigenvalue weighted by Gasteiger charge is 2.09. The fourth-order valence-corrected chi connectivity index (χ4v) is 2.25. The van der Waals surface area contributed by atoms with Crippen LogP contribution in [0.4, 0.5) is 0 Å². The van der Waals surface area contributed by atoms with E-state index in [0.717, 1.165) is 0 Å². The third kappa shape index (κ3) is 1.76. The molecule has 0 aliphatic heterocycles. The Bertz CT molecular complexity index is 481. The maximum absolute atomic E-state index is 2.27. The molecule has 0 aromatic heterocycles. The third-order valence-electron chi connectivity index (χ3n) is 3.43. The second-order valence-corrected chi connectivity index (χ2v) is 4.50. The Kier molecular flexibility index (Phi) is 2.82. The monoisotopic (exact) mass is 210 g/mol. The van der Waals surface area contributed by atoms with Gasteiger partial charge in [-0.2, -0.15) is 0 Å². The van der Waals surface area contributed by atoms with Crippen LogP contribution in [0.3, 0.4) is 0 Å². The van der Waals surface area contributed by atoms with Crippen LogP contribution in [0, 0.1) is 27.7 Å². The van der Waals surface area contributed by atoms with Crippen molar-refractivity contribution in [2.75, 3.05) is 0 Å². The largest absolute Gasteiger partial charge is 0.0622 e. The molecule has 0 spiro atoms. The molecule has 2 aromatic rings. The third-order valence-corrected chi connectivity index (χ3v) is 3.43. The van der Waals surface area contributed by atoms with Gasteiger partial charge in [-0.3, -0.25) is 0 Å². The summed E-state index contributed by atoms with van der Waals surface area (Å²) >= 11 is 0. The van der Waals surface area contributed by atoms with E-state index >= 15 is 0 Å². The number of hydrogen-bond donors (Lipinski definition) is 0. The fraction of sp³-hybridized carbons (Fsp3) is 0.250. The van der Waals surface area contributed by atoms with E-state index in [9.17, 15) is 0 Å². The Balaban J connectivity index is 2.74. The van der Waals surface area contributed by atoms with Gasteiger partial charge in [0, 0.05) is 0 Å². The predicted octanol–water partition coefficient (Wildman–Crippen LogP) is 4.59. The van der Waals surface area contributed by atoms with E-state index in [4.69, 9.17) is 0 Å². The van der Waals surface area contributed by atoms with Crippen LogP contribution < -0.4 is 0 Å². The lowest BCUT2D eigenvalue weighted by Gasteiger charge is -2.15. The molecule has 0 amide bonds. The van der Waals surface area contributed by atoms with Crippen molar-refractivity contribution in [1.29, 1.82) is 0 Å². The van der Waals surface area contributed by atoms with E-state index in [2.05, 4.69) is 64.1 Å². The van der Waals surface area contributed by atoms with E-state index in [-0.39, 0.29) is 0 Å². The molecule has 82 valence electrons. The van der Waals surface area contributed by atoms with E-state index in [0.29, 0.717) is 0 Å². The minimum Gasteiger partial charge on any atom is -0.0622 e. The van der Waals surface area contributed by atoms with Gasteiger partial charge in [-0.15, -0.1) is 0 Å². The zero-order valence-electron chi connectivity index (χ0n) is 10.5. The van der Waals surface area contributed by atoms with Crippen molar-refractivity contribution in [3.63, 3.8) is 0 Å². The van der Waals surface area contributed by atoms with Crippen LogP contribution in [0.2, 0.25) is 0 Å². The van der Waals surface area contributed by atoms with Crippen LogP contribution >= 0.6 is 0 Å². The number of benzene rings is 2. The van der Waals surface area contributed by atoms with Crippen LogP contribution in [0.1, 0.15) is 22.3 Å². The summed E-state index contributed by atoms with van der Waals surface area (Å²) in [5, 5.41) is 0. The highest BCUT2D eigenvalue weighted by atomic mass is 14.1. The Hall–Kier alpha value is -1.56. The summed E-state index contributed by atoms with van der Waals surface area (Å²) in [5.74, 6) is 0. The molecule has 0 bridgehead atoms. The van der Waals surface area contributed by atoms with Gasteiger partial charge in [0.05, 0.1) is 0 Å². The quantitative estimate of drug-likeness (QED) is 0.646. The van der Waals surface area contributed by atoms with Gasteiger partial charge < -0.3 is 0 Å². The van der Waals surface area contributed by atoms with Crippen LogP contribution in [0.5, 0.6) is 0 Å². The van der Waals surface area contributed by atoms with Crippen molar-refractivity contribution in [3.8, 4) is 11.1 Å². The maximum atomic E-state index is 2.27. The molecule has 0 saturated carbocycles. The molecule has 0 aliphatic carbocycles. The van der Waals surface area contributed by atoms with Gasteiger partial charge in [-0.25, -0.2) is 0 Å². The van der Waals surface area contributed by atoms with E-state index in [1.54, 1.807) is 0 Å². The van der Waals surface area contributed by atoms with Crippen molar-refractivity contribution in [2.24, 2.45) is 0 Å². The van der Waals surface area contributed by atoms with Crippen molar-refractivity contribution < 1.29 is 0 Å². The molecule has 0 heteroatoms. The first-order chi connectivity index (χ1) is 7.61. The number of hydrogen-bond acceptors (Lipinski definition) is 0. The molecule has 2 aromatic carbocycles. The molecule has 0 aliphatic rings. The van der Waals surface area contributed by atoms with Gasteiger partial charge in [0.25, 0.3) is 0 Å². The molecule has 2 rings (SSSR count). The minimum atomic E-state index is 1.32. The summed E-state index contributed by atoms with van der Waals surface area (Å²) in [5.41, 5.74) is 8.27. The lowest BCUT2D eigenvalue weighted by atomic mass is 9.90. The molecule has 0 saturated heterocycles. The molecular formula is C16H18. The standard InChI is InChI=1S/C16H18/c1-11-10-12(2)14(4)16(13(11)3)15-8-6-5-7-9-15/h5-10H,1-4H3. The van der Waals surface area contributed by atoms with E-state index in [1.807, 2.05) is 0 Å². The number of aryl methyl sites for hydroxylation is 2. The highest BCUT2D eigenvalue weighted by molar-refractivity contribution is 5.73. The second-order valence-electron chi connectivity index (χ2n) is 4.50. The van der Waals surface area contributed by atoms with Crippen LogP contribution in [-0.4, -0.2) is 0 Å². The Morgan fingerprint density at radius 3 is 1.69 bits per heavy atom. The van der Waals surface area contributed by atoms with E-state index < -0.39 is 0 Å². The fourth-order valence-electron chi connectivity index (χ4n) is 2.25. The van der Waals surface area contributed by atoms with Gasteiger partial charge in [0.2, 0.25) is 0 Å². The molecule has 0 fully saturated rings. The summed E-state index contributed by atoms with van der Waals surface area (Å²) in [6.07, 6.45) is 0. The Morgan fingerprint density at radius 2 is 1.19 bits per heavy atom. The van der Waals surface area contributed by atoms with Crippen molar-refractivity contribution >= 4 is 0 Å². The molecule has 0 nitrogen and oxygen atoms in total.